The molecule has 0 aromatic heterocycles. The number of hydrogen-bond acceptors (Lipinski definition) is 4. The number of phenolic OH excluding ortho intramolecular Hbond substituents is 1. The topological polar surface area (TPSA) is 66.8 Å². The van der Waals surface area contributed by atoms with Crippen LogP contribution in [0.1, 0.15) is 36.5 Å². The zero-order valence-electron chi connectivity index (χ0n) is 11.5. The van der Waals surface area contributed by atoms with Crippen LogP contribution >= 0.6 is 0 Å². The van der Waals surface area contributed by atoms with Gasteiger partial charge in [0.1, 0.15) is 11.8 Å². The standard InChI is InChI=1S/C15H19NO4/c1-2-20-15(19)13-8-3-4-9-16(13)14(18)11-6-5-7-12(17)10-11/h5-7,10,13,17H,2-4,8-9H2,1H3. The number of hydrogen-bond donors (Lipinski definition) is 1. The third kappa shape index (κ3) is 3.10. The highest BCUT2D eigenvalue weighted by atomic mass is 16.5. The number of rotatable bonds is 3. The number of likely N-dealkylation sites (tertiary alicyclic amines) is 1. The van der Waals surface area contributed by atoms with Crippen molar-refractivity contribution in [2.45, 2.75) is 32.2 Å². The quantitative estimate of drug-likeness (QED) is 0.857. The van der Waals surface area contributed by atoms with Gasteiger partial charge in [-0.2, -0.15) is 0 Å². The Bertz CT molecular complexity index is 500. The number of esters is 1. The summed E-state index contributed by atoms with van der Waals surface area (Å²) in [4.78, 5) is 26.0. The molecule has 1 atom stereocenters. The van der Waals surface area contributed by atoms with Gasteiger partial charge in [-0.15, -0.1) is 0 Å². The molecule has 108 valence electrons. The minimum atomic E-state index is -0.515. The van der Waals surface area contributed by atoms with Crippen molar-refractivity contribution in [2.24, 2.45) is 0 Å². The molecule has 1 fully saturated rings. The monoisotopic (exact) mass is 277 g/mol. The summed E-state index contributed by atoms with van der Waals surface area (Å²) in [5.41, 5.74) is 0.390. The van der Waals surface area contributed by atoms with Gasteiger partial charge in [-0.05, 0) is 44.4 Å². The lowest BCUT2D eigenvalue weighted by atomic mass is 10.0. The number of ether oxygens (including phenoxy) is 1. The first-order valence-electron chi connectivity index (χ1n) is 6.90. The SMILES string of the molecule is CCOC(=O)C1CCCCN1C(=O)c1cccc(O)c1. The Labute approximate surface area is 118 Å². The van der Waals surface area contributed by atoms with E-state index in [0.717, 1.165) is 12.8 Å². The van der Waals surface area contributed by atoms with E-state index >= 15 is 0 Å². The number of nitrogens with zero attached hydrogens (tertiary/aromatic N) is 1. The number of carbonyl (C=O) groups is 2. The van der Waals surface area contributed by atoms with Crippen LogP contribution in [0, 0.1) is 0 Å². The van der Waals surface area contributed by atoms with E-state index in [1.165, 1.54) is 12.1 Å². The lowest BCUT2D eigenvalue weighted by Crippen LogP contribution is -2.48. The van der Waals surface area contributed by atoms with E-state index in [0.29, 0.717) is 25.1 Å². The summed E-state index contributed by atoms with van der Waals surface area (Å²) in [6, 6.07) is 5.67. The number of carbonyl (C=O) groups excluding carboxylic acids is 2. The predicted molar refractivity (Wildman–Crippen MR) is 73.4 cm³/mol. The largest absolute Gasteiger partial charge is 0.508 e. The maximum absolute atomic E-state index is 12.5. The average molecular weight is 277 g/mol. The van der Waals surface area contributed by atoms with Crippen molar-refractivity contribution in [1.82, 2.24) is 4.90 Å². The van der Waals surface area contributed by atoms with E-state index in [1.807, 2.05) is 0 Å². The van der Waals surface area contributed by atoms with Gasteiger partial charge in [0.15, 0.2) is 0 Å². The Kier molecular flexibility index (Phi) is 4.61. The third-order valence-corrected chi connectivity index (χ3v) is 3.42. The fourth-order valence-electron chi connectivity index (χ4n) is 2.46. The molecule has 1 aliphatic heterocycles. The summed E-state index contributed by atoms with van der Waals surface area (Å²) in [5, 5.41) is 9.46. The van der Waals surface area contributed by atoms with E-state index in [1.54, 1.807) is 24.0 Å². The van der Waals surface area contributed by atoms with E-state index in [2.05, 4.69) is 0 Å². The van der Waals surface area contributed by atoms with Gasteiger partial charge < -0.3 is 14.7 Å². The van der Waals surface area contributed by atoms with Gasteiger partial charge in [0.25, 0.3) is 5.91 Å². The van der Waals surface area contributed by atoms with E-state index in [-0.39, 0.29) is 17.6 Å². The molecule has 1 heterocycles. The highest BCUT2D eigenvalue weighted by molar-refractivity contribution is 5.97. The van der Waals surface area contributed by atoms with Crippen LogP contribution in [-0.2, 0) is 9.53 Å². The molecule has 0 bridgehead atoms. The predicted octanol–water partition coefficient (Wildman–Crippen LogP) is 1.95. The molecule has 1 N–H and O–H groups in total. The lowest BCUT2D eigenvalue weighted by molar-refractivity contribution is -0.149. The van der Waals surface area contributed by atoms with Crippen LogP contribution in [0.3, 0.4) is 0 Å². The fraction of sp³-hybridized carbons (Fsp3) is 0.467. The molecule has 1 aliphatic rings. The lowest BCUT2D eigenvalue weighted by Gasteiger charge is -2.34. The zero-order valence-corrected chi connectivity index (χ0v) is 11.5. The molecule has 0 radical (unpaired) electrons. The molecule has 1 saturated heterocycles. The third-order valence-electron chi connectivity index (χ3n) is 3.42. The van der Waals surface area contributed by atoms with Crippen LogP contribution < -0.4 is 0 Å². The molecule has 1 aromatic rings. The Morgan fingerprint density at radius 3 is 2.90 bits per heavy atom. The summed E-state index contributed by atoms with van der Waals surface area (Å²) < 4.78 is 5.04. The van der Waals surface area contributed by atoms with Gasteiger partial charge in [-0.25, -0.2) is 4.79 Å². The number of piperidine rings is 1. The van der Waals surface area contributed by atoms with Crippen LogP contribution in [0.4, 0.5) is 0 Å². The molecule has 1 amide bonds. The Balaban J connectivity index is 2.19. The van der Waals surface area contributed by atoms with Crippen LogP contribution in [0.5, 0.6) is 5.75 Å². The number of benzene rings is 1. The normalized spacial score (nSPS) is 18.6. The smallest absolute Gasteiger partial charge is 0.328 e. The highest BCUT2D eigenvalue weighted by Crippen LogP contribution is 2.22. The molecular formula is C15H19NO4. The first-order valence-corrected chi connectivity index (χ1v) is 6.90. The molecule has 0 spiro atoms. The van der Waals surface area contributed by atoms with E-state index in [9.17, 15) is 14.7 Å². The van der Waals surface area contributed by atoms with Crippen LogP contribution in [-0.4, -0.2) is 41.1 Å². The molecule has 1 unspecified atom stereocenters. The molecule has 2 rings (SSSR count). The van der Waals surface area contributed by atoms with E-state index in [4.69, 9.17) is 4.74 Å². The van der Waals surface area contributed by atoms with Gasteiger partial charge in [-0.1, -0.05) is 6.07 Å². The van der Waals surface area contributed by atoms with Crippen molar-refractivity contribution in [3.05, 3.63) is 29.8 Å². The maximum atomic E-state index is 12.5. The number of amides is 1. The molecule has 0 saturated carbocycles. The van der Waals surface area contributed by atoms with Gasteiger partial charge in [-0.3, -0.25) is 4.79 Å². The number of phenols is 1. The van der Waals surface area contributed by atoms with Crippen LogP contribution in [0.15, 0.2) is 24.3 Å². The van der Waals surface area contributed by atoms with Crippen LogP contribution in [0.2, 0.25) is 0 Å². The van der Waals surface area contributed by atoms with E-state index < -0.39 is 6.04 Å². The average Bonchev–Trinajstić information content (AvgIpc) is 2.47. The minimum Gasteiger partial charge on any atom is -0.508 e. The summed E-state index contributed by atoms with van der Waals surface area (Å²) >= 11 is 0. The summed E-state index contributed by atoms with van der Waals surface area (Å²) in [6.45, 7) is 2.60. The molecule has 1 aromatic carbocycles. The van der Waals surface area contributed by atoms with Gasteiger partial charge in [0.05, 0.1) is 6.61 Å². The Morgan fingerprint density at radius 2 is 2.20 bits per heavy atom. The summed E-state index contributed by atoms with van der Waals surface area (Å²) in [7, 11) is 0. The van der Waals surface area contributed by atoms with Gasteiger partial charge in [0.2, 0.25) is 0 Å². The number of aromatic hydroxyl groups is 1. The molecule has 0 aliphatic carbocycles. The first-order chi connectivity index (χ1) is 9.63. The Morgan fingerprint density at radius 1 is 1.40 bits per heavy atom. The van der Waals surface area contributed by atoms with Crippen molar-refractivity contribution >= 4 is 11.9 Å². The fourth-order valence-corrected chi connectivity index (χ4v) is 2.46. The second-order valence-corrected chi connectivity index (χ2v) is 4.81. The molecule has 20 heavy (non-hydrogen) atoms. The first kappa shape index (κ1) is 14.4. The van der Waals surface area contributed by atoms with Gasteiger partial charge >= 0.3 is 5.97 Å². The van der Waals surface area contributed by atoms with Crippen molar-refractivity contribution in [1.29, 1.82) is 0 Å². The highest BCUT2D eigenvalue weighted by Gasteiger charge is 2.33. The zero-order chi connectivity index (χ0) is 14.5. The molecule has 5 heteroatoms. The summed E-state index contributed by atoms with van der Waals surface area (Å²) in [5.74, 6) is -0.542. The second kappa shape index (κ2) is 6.41. The second-order valence-electron chi connectivity index (χ2n) is 4.81. The maximum Gasteiger partial charge on any atom is 0.328 e. The van der Waals surface area contributed by atoms with Crippen molar-refractivity contribution in [3.63, 3.8) is 0 Å². The molecular weight excluding hydrogens is 258 g/mol. The van der Waals surface area contributed by atoms with Gasteiger partial charge in [0, 0.05) is 12.1 Å². The van der Waals surface area contributed by atoms with Crippen molar-refractivity contribution < 1.29 is 19.4 Å². The summed E-state index contributed by atoms with van der Waals surface area (Å²) in [6.07, 6.45) is 2.41. The molecule has 5 nitrogen and oxygen atoms in total. The van der Waals surface area contributed by atoms with Crippen molar-refractivity contribution in [3.8, 4) is 5.75 Å². The van der Waals surface area contributed by atoms with Crippen molar-refractivity contribution in [2.75, 3.05) is 13.2 Å². The van der Waals surface area contributed by atoms with Crippen LogP contribution in [0.25, 0.3) is 0 Å². The Hall–Kier alpha value is -2.04. The minimum absolute atomic E-state index is 0.0422.